The first-order valence-electron chi connectivity index (χ1n) is 5.83. The van der Waals surface area contributed by atoms with Crippen molar-refractivity contribution in [2.45, 2.75) is 0 Å². The second kappa shape index (κ2) is 12.3. The molecule has 0 saturated carbocycles. The lowest BCUT2D eigenvalue weighted by molar-refractivity contribution is 0.320. The molecule has 0 aliphatic heterocycles. The second-order valence-electron chi connectivity index (χ2n) is 3.46. The summed E-state index contributed by atoms with van der Waals surface area (Å²) in [7, 11) is 1.76. The topological polar surface area (TPSA) is 58.5 Å². The third-order valence-electron chi connectivity index (χ3n) is 2.12. The van der Waals surface area contributed by atoms with E-state index in [9.17, 15) is 0 Å². The number of nitrogens with one attached hydrogen (secondary N) is 2. The van der Waals surface area contributed by atoms with Crippen LogP contribution in [0.25, 0.3) is 0 Å². The molecule has 0 aromatic carbocycles. The molecule has 19 heavy (non-hydrogen) atoms. The molecule has 0 spiro atoms. The first-order valence-corrected chi connectivity index (χ1v) is 7.22. The molecule has 0 atom stereocenters. The Bertz CT molecular complexity index is 351. The van der Waals surface area contributed by atoms with Gasteiger partial charge in [-0.3, -0.25) is 9.98 Å². The molecule has 1 rings (SSSR count). The maximum atomic E-state index is 5.51. The number of thioether (sulfide) groups is 1. The van der Waals surface area contributed by atoms with Gasteiger partial charge in [0.2, 0.25) is 0 Å². The SMILES string of the molecule is CN=C(NCCOc1cccnc1)NCCSC.I. The lowest BCUT2D eigenvalue weighted by Gasteiger charge is -2.11. The molecule has 0 fully saturated rings. The fourth-order valence-electron chi connectivity index (χ4n) is 1.26. The van der Waals surface area contributed by atoms with Gasteiger partial charge in [-0.25, -0.2) is 0 Å². The summed E-state index contributed by atoms with van der Waals surface area (Å²) in [5.74, 6) is 2.65. The highest BCUT2D eigenvalue weighted by Gasteiger charge is 1.96. The third kappa shape index (κ3) is 8.93. The van der Waals surface area contributed by atoms with Gasteiger partial charge in [-0.2, -0.15) is 11.8 Å². The lowest BCUT2D eigenvalue weighted by Crippen LogP contribution is -2.40. The van der Waals surface area contributed by atoms with Crippen LogP contribution in [0.3, 0.4) is 0 Å². The van der Waals surface area contributed by atoms with Gasteiger partial charge < -0.3 is 15.4 Å². The van der Waals surface area contributed by atoms with Gasteiger partial charge in [0.25, 0.3) is 0 Å². The largest absolute Gasteiger partial charge is 0.490 e. The number of rotatable bonds is 7. The van der Waals surface area contributed by atoms with Crippen LogP contribution in [0, 0.1) is 0 Å². The highest BCUT2D eigenvalue weighted by molar-refractivity contribution is 14.0. The van der Waals surface area contributed by atoms with E-state index in [1.807, 2.05) is 12.1 Å². The van der Waals surface area contributed by atoms with Crippen LogP contribution in [0.1, 0.15) is 0 Å². The van der Waals surface area contributed by atoms with Crippen LogP contribution in [-0.4, -0.2) is 49.7 Å². The average molecular weight is 396 g/mol. The fraction of sp³-hybridized carbons (Fsp3) is 0.500. The Hall–Kier alpha value is -0.700. The number of aromatic nitrogens is 1. The van der Waals surface area contributed by atoms with E-state index < -0.39 is 0 Å². The van der Waals surface area contributed by atoms with Crippen LogP contribution in [0.2, 0.25) is 0 Å². The molecular weight excluding hydrogens is 375 g/mol. The van der Waals surface area contributed by atoms with Crippen molar-refractivity contribution >= 4 is 41.7 Å². The van der Waals surface area contributed by atoms with Crippen molar-refractivity contribution in [2.24, 2.45) is 4.99 Å². The predicted octanol–water partition coefficient (Wildman–Crippen LogP) is 1.61. The summed E-state index contributed by atoms with van der Waals surface area (Å²) in [5.41, 5.74) is 0. The Kier molecular flexibility index (Phi) is 11.9. The fourth-order valence-corrected chi connectivity index (χ4v) is 1.57. The molecule has 108 valence electrons. The van der Waals surface area contributed by atoms with Gasteiger partial charge in [-0.05, 0) is 18.4 Å². The highest BCUT2D eigenvalue weighted by atomic mass is 127. The maximum Gasteiger partial charge on any atom is 0.191 e. The Balaban J connectivity index is 0.00000324. The Labute approximate surface area is 136 Å². The molecule has 7 heteroatoms. The molecule has 0 aliphatic carbocycles. The van der Waals surface area contributed by atoms with Gasteiger partial charge >= 0.3 is 0 Å². The minimum absolute atomic E-state index is 0. The van der Waals surface area contributed by atoms with E-state index >= 15 is 0 Å². The van der Waals surface area contributed by atoms with Gasteiger partial charge in [-0.1, -0.05) is 0 Å². The van der Waals surface area contributed by atoms with Crippen LogP contribution >= 0.6 is 35.7 Å². The Morgan fingerprint density at radius 1 is 1.42 bits per heavy atom. The molecule has 0 amide bonds. The van der Waals surface area contributed by atoms with Crippen molar-refractivity contribution in [1.82, 2.24) is 15.6 Å². The number of hydrogen-bond donors (Lipinski definition) is 2. The zero-order valence-electron chi connectivity index (χ0n) is 11.3. The number of halogens is 1. The summed E-state index contributed by atoms with van der Waals surface area (Å²) < 4.78 is 5.51. The summed E-state index contributed by atoms with van der Waals surface area (Å²) >= 11 is 1.80. The molecule has 0 saturated heterocycles. The smallest absolute Gasteiger partial charge is 0.191 e. The van der Waals surface area contributed by atoms with Gasteiger partial charge in [0.05, 0.1) is 12.7 Å². The van der Waals surface area contributed by atoms with E-state index in [-0.39, 0.29) is 24.0 Å². The first kappa shape index (κ1) is 18.3. The van der Waals surface area contributed by atoms with Crippen molar-refractivity contribution in [1.29, 1.82) is 0 Å². The summed E-state index contributed by atoms with van der Waals surface area (Å²) in [6, 6.07) is 3.74. The van der Waals surface area contributed by atoms with Gasteiger partial charge in [0.15, 0.2) is 5.96 Å². The minimum atomic E-state index is 0. The molecule has 0 aliphatic rings. The zero-order chi connectivity index (χ0) is 13.1. The van der Waals surface area contributed by atoms with Crippen LogP contribution in [0.5, 0.6) is 5.75 Å². The van der Waals surface area contributed by atoms with Crippen molar-refractivity contribution in [2.75, 3.05) is 38.8 Å². The van der Waals surface area contributed by atoms with E-state index in [2.05, 4.69) is 26.9 Å². The van der Waals surface area contributed by atoms with Gasteiger partial charge in [0, 0.05) is 25.5 Å². The second-order valence-corrected chi connectivity index (χ2v) is 4.44. The minimum Gasteiger partial charge on any atom is -0.490 e. The standard InChI is InChI=1S/C12H20N4OS.HI/c1-13-12(16-7-9-18-2)15-6-8-17-11-4-3-5-14-10-11;/h3-5,10H,6-9H2,1-2H3,(H2,13,15,16);1H. The zero-order valence-corrected chi connectivity index (χ0v) is 14.4. The number of ether oxygens (including phenoxy) is 1. The normalized spacial score (nSPS) is 10.5. The maximum absolute atomic E-state index is 5.51. The number of pyridine rings is 1. The van der Waals surface area contributed by atoms with Crippen molar-refractivity contribution in [3.8, 4) is 5.75 Å². The van der Waals surface area contributed by atoms with Gasteiger partial charge in [-0.15, -0.1) is 24.0 Å². The number of nitrogens with zero attached hydrogens (tertiary/aromatic N) is 2. The molecular formula is C12H21IN4OS. The molecule has 1 heterocycles. The lowest BCUT2D eigenvalue weighted by atomic mass is 10.5. The van der Waals surface area contributed by atoms with Gasteiger partial charge in [0.1, 0.15) is 12.4 Å². The van der Waals surface area contributed by atoms with Crippen molar-refractivity contribution < 1.29 is 4.74 Å². The van der Waals surface area contributed by atoms with Crippen molar-refractivity contribution in [3.63, 3.8) is 0 Å². The predicted molar refractivity (Wildman–Crippen MR) is 92.9 cm³/mol. The first-order chi connectivity index (χ1) is 8.86. The number of aliphatic imine (C=N–C) groups is 1. The van der Waals surface area contributed by atoms with Crippen LogP contribution in [0.4, 0.5) is 0 Å². The van der Waals surface area contributed by atoms with Crippen molar-refractivity contribution in [3.05, 3.63) is 24.5 Å². The summed E-state index contributed by atoms with van der Waals surface area (Å²) in [5, 5.41) is 6.40. The van der Waals surface area contributed by atoms with Crippen LogP contribution < -0.4 is 15.4 Å². The van der Waals surface area contributed by atoms with E-state index in [4.69, 9.17) is 4.74 Å². The molecule has 1 aromatic rings. The van der Waals surface area contributed by atoms with E-state index in [1.165, 1.54) is 0 Å². The van der Waals surface area contributed by atoms with E-state index in [0.717, 1.165) is 24.0 Å². The number of guanidine groups is 1. The van der Waals surface area contributed by atoms with Crippen LogP contribution in [0.15, 0.2) is 29.5 Å². The monoisotopic (exact) mass is 396 g/mol. The summed E-state index contributed by atoms with van der Waals surface area (Å²) in [4.78, 5) is 8.10. The van der Waals surface area contributed by atoms with E-state index in [0.29, 0.717) is 13.2 Å². The quantitative estimate of drug-likeness (QED) is 0.318. The third-order valence-corrected chi connectivity index (χ3v) is 2.73. The summed E-state index contributed by atoms with van der Waals surface area (Å²) in [6.07, 6.45) is 5.51. The average Bonchev–Trinajstić information content (AvgIpc) is 2.43. The molecule has 0 unspecified atom stereocenters. The van der Waals surface area contributed by atoms with E-state index in [1.54, 1.807) is 31.2 Å². The Morgan fingerprint density at radius 3 is 2.84 bits per heavy atom. The Morgan fingerprint density at radius 2 is 2.21 bits per heavy atom. The number of hydrogen-bond acceptors (Lipinski definition) is 4. The highest BCUT2D eigenvalue weighted by Crippen LogP contribution is 2.04. The summed E-state index contributed by atoms with van der Waals surface area (Å²) in [6.45, 7) is 2.19. The molecule has 0 radical (unpaired) electrons. The molecule has 5 nitrogen and oxygen atoms in total. The molecule has 0 bridgehead atoms. The molecule has 2 N–H and O–H groups in total. The molecule has 1 aromatic heterocycles. The van der Waals surface area contributed by atoms with Crippen LogP contribution in [-0.2, 0) is 0 Å².